The Morgan fingerprint density at radius 3 is 1.11 bits per heavy atom. The maximum atomic E-state index is 10.7. The van der Waals surface area contributed by atoms with E-state index in [4.69, 9.17) is 33.5 Å². The fourth-order valence-corrected chi connectivity index (χ4v) is 7.43. The number of ether oxygens (including phenoxy) is 6. The van der Waals surface area contributed by atoms with Crippen LogP contribution in [0.25, 0.3) is 0 Å². The Labute approximate surface area is 318 Å². The van der Waals surface area contributed by atoms with Crippen LogP contribution in [0.3, 0.4) is 0 Å². The first-order valence-corrected chi connectivity index (χ1v) is 19.3. The lowest BCUT2D eigenvalue weighted by Crippen LogP contribution is -2.19. The Morgan fingerprint density at radius 1 is 0.509 bits per heavy atom. The molecule has 0 unspecified atom stereocenters. The fraction of sp³-hybridized carbons (Fsp3) is 0.419. The molecule has 4 aromatic rings. The first-order chi connectivity index (χ1) is 25.0. The predicted molar refractivity (Wildman–Crippen MR) is 209 cm³/mol. The van der Waals surface area contributed by atoms with E-state index < -0.39 is 22.6 Å². The Hall–Kier alpha value is -4.70. The van der Waals surface area contributed by atoms with Crippen molar-refractivity contribution in [3.8, 4) is 40.2 Å². The number of benzene rings is 4. The first kappa shape index (κ1) is 42.7. The minimum atomic E-state index is -1.18. The average molecular weight is 749 g/mol. The molecule has 0 spiro atoms. The summed E-state index contributed by atoms with van der Waals surface area (Å²) in [6, 6.07) is 23.9. The van der Waals surface area contributed by atoms with Crippen molar-refractivity contribution in [3.05, 3.63) is 84.4 Å². The van der Waals surface area contributed by atoms with Crippen molar-refractivity contribution in [3.63, 3.8) is 0 Å². The van der Waals surface area contributed by atoms with Crippen LogP contribution in [0.4, 0.5) is 0 Å². The highest BCUT2D eigenvalue weighted by molar-refractivity contribution is 7.97. The van der Waals surface area contributed by atoms with E-state index in [2.05, 4.69) is 24.3 Å². The summed E-state index contributed by atoms with van der Waals surface area (Å²) in [4.78, 5) is 13.1. The molecule has 4 rings (SSSR count). The van der Waals surface area contributed by atoms with Gasteiger partial charge in [-0.2, -0.15) is 0 Å². The van der Waals surface area contributed by atoms with Gasteiger partial charge in [0.05, 0.1) is 42.2 Å². The van der Waals surface area contributed by atoms with Gasteiger partial charge in [0.15, 0.2) is 27.9 Å². The summed E-state index contributed by atoms with van der Waals surface area (Å²) in [5.74, 6) is 2.56. The number of rotatable bonds is 16. The lowest BCUT2D eigenvalue weighted by Gasteiger charge is -2.24. The summed E-state index contributed by atoms with van der Waals surface area (Å²) in [6.07, 6.45) is -0.353. The minimum absolute atomic E-state index is 0.0115. The smallest absolute Gasteiger partial charge is 0.335 e. The van der Waals surface area contributed by atoms with E-state index in [-0.39, 0.29) is 42.2 Å². The maximum absolute atomic E-state index is 10.7. The molecule has 0 atom stereocenters. The largest absolute Gasteiger partial charge is 0.872 e. The Kier molecular flexibility index (Phi) is 16.1. The molecule has 0 bridgehead atoms. The van der Waals surface area contributed by atoms with Crippen LogP contribution in [0.1, 0.15) is 93.4 Å². The van der Waals surface area contributed by atoms with Crippen molar-refractivity contribution >= 4 is 16.9 Å². The molecule has 0 amide bonds. The van der Waals surface area contributed by atoms with Gasteiger partial charge >= 0.3 is 5.97 Å². The molecule has 0 aromatic heterocycles. The zero-order chi connectivity index (χ0) is 39.4. The molecule has 0 saturated heterocycles. The van der Waals surface area contributed by atoms with Crippen LogP contribution in [0, 0.1) is 0 Å². The number of carboxylic acid groups (broad SMARTS) is 1. The predicted octanol–water partition coefficient (Wildman–Crippen LogP) is 9.96. The highest BCUT2D eigenvalue weighted by Gasteiger charge is 2.43. The van der Waals surface area contributed by atoms with Crippen LogP contribution >= 0.6 is 0 Å². The number of carbonyl (C=O) groups is 1. The minimum Gasteiger partial charge on any atom is -0.872 e. The zero-order valence-electron chi connectivity index (χ0n) is 33.1. The molecular weight excluding hydrogens is 693 g/mol. The molecule has 0 radical (unpaired) electrons. The third-order valence-electron chi connectivity index (χ3n) is 6.69. The van der Waals surface area contributed by atoms with Gasteiger partial charge in [-0.15, -0.1) is 0 Å². The van der Waals surface area contributed by atoms with Crippen LogP contribution in [0.15, 0.2) is 93.5 Å². The summed E-state index contributed by atoms with van der Waals surface area (Å²) in [5.41, 5.74) is -0.178. The molecule has 1 N–H and O–H groups in total. The number of aromatic carboxylic acids is 1. The molecule has 53 heavy (non-hydrogen) atoms. The highest BCUT2D eigenvalue weighted by Crippen LogP contribution is 2.52. The normalized spacial score (nSPS) is 11.3. The van der Waals surface area contributed by atoms with Crippen LogP contribution < -0.4 is 33.5 Å². The van der Waals surface area contributed by atoms with E-state index in [9.17, 15) is 9.90 Å². The summed E-state index contributed by atoms with van der Waals surface area (Å²) in [5, 5.41) is 19.0. The topological polar surface area (TPSA) is 116 Å². The van der Waals surface area contributed by atoms with E-state index in [1.165, 1.54) is 24.3 Å². The fourth-order valence-electron chi connectivity index (χ4n) is 5.09. The van der Waals surface area contributed by atoms with Gasteiger partial charge in [0.25, 0.3) is 9.79 Å². The maximum Gasteiger partial charge on any atom is 0.335 e. The van der Waals surface area contributed by atoms with E-state index in [1.54, 1.807) is 0 Å². The highest BCUT2D eigenvalue weighted by atomic mass is 32.2. The van der Waals surface area contributed by atoms with Gasteiger partial charge in [-0.25, -0.2) is 4.79 Å². The van der Waals surface area contributed by atoms with E-state index in [0.717, 1.165) is 14.7 Å². The Morgan fingerprint density at radius 2 is 0.830 bits per heavy atom. The van der Waals surface area contributed by atoms with Crippen molar-refractivity contribution < 1.29 is 43.4 Å². The molecular formula is C43H56O9S. The zero-order valence-corrected chi connectivity index (χ0v) is 33.9. The van der Waals surface area contributed by atoms with E-state index in [1.807, 2.05) is 113 Å². The van der Waals surface area contributed by atoms with E-state index in [0.29, 0.717) is 34.5 Å². The summed E-state index contributed by atoms with van der Waals surface area (Å²) in [7, 11) is -0.780. The van der Waals surface area contributed by atoms with Gasteiger partial charge < -0.3 is 38.6 Å². The lowest BCUT2D eigenvalue weighted by molar-refractivity contribution is -0.268. The number of hydrogen-bond donors (Lipinski definition) is 1. The van der Waals surface area contributed by atoms with Gasteiger partial charge in [0.2, 0.25) is 0 Å². The van der Waals surface area contributed by atoms with Crippen molar-refractivity contribution in [2.45, 2.75) is 134 Å². The van der Waals surface area contributed by atoms with Crippen molar-refractivity contribution in [2.75, 3.05) is 0 Å². The van der Waals surface area contributed by atoms with Crippen molar-refractivity contribution in [1.82, 2.24) is 0 Å². The van der Waals surface area contributed by atoms with Gasteiger partial charge in [-0.05, 0) is 101 Å². The molecule has 0 fully saturated rings. The van der Waals surface area contributed by atoms with Crippen molar-refractivity contribution in [1.29, 1.82) is 0 Å². The first-order valence-electron chi connectivity index (χ1n) is 18.1. The molecule has 10 heteroatoms. The molecule has 0 saturated carbocycles. The third-order valence-corrected chi connectivity index (χ3v) is 9.05. The molecule has 4 aromatic carbocycles. The SMILES string of the molecule is CC(C)Oc1cc(OC(C)C)c([S+](c2ccccc2)c2c(OC(C)C)cc(OC(C)C)cc2OC(C)C)c(OC(C)C)c1.O=C(O)c1ccccc1[O-]. The van der Waals surface area contributed by atoms with Gasteiger partial charge in [-0.1, -0.05) is 42.1 Å². The molecule has 0 aliphatic carbocycles. The van der Waals surface area contributed by atoms with Gasteiger partial charge in [-0.3, -0.25) is 0 Å². The van der Waals surface area contributed by atoms with Crippen LogP contribution in [0.5, 0.6) is 40.2 Å². The second-order valence-electron chi connectivity index (χ2n) is 13.9. The van der Waals surface area contributed by atoms with Gasteiger partial charge in [0.1, 0.15) is 22.4 Å². The van der Waals surface area contributed by atoms with Crippen LogP contribution in [-0.2, 0) is 10.9 Å². The summed E-state index contributed by atoms with van der Waals surface area (Å²) in [6.45, 7) is 24.3. The average Bonchev–Trinajstić information content (AvgIpc) is 3.02. The number of para-hydroxylation sites is 1. The molecule has 9 nitrogen and oxygen atoms in total. The summed E-state index contributed by atoms with van der Waals surface area (Å²) < 4.78 is 38.7. The number of hydrogen-bond acceptors (Lipinski definition) is 8. The lowest BCUT2D eigenvalue weighted by atomic mass is 10.2. The van der Waals surface area contributed by atoms with Crippen molar-refractivity contribution in [2.24, 2.45) is 0 Å². The third kappa shape index (κ3) is 13.0. The molecule has 0 aliphatic rings. The van der Waals surface area contributed by atoms with Crippen LogP contribution in [0.2, 0.25) is 0 Å². The van der Waals surface area contributed by atoms with Gasteiger partial charge in [0, 0.05) is 24.3 Å². The summed E-state index contributed by atoms with van der Waals surface area (Å²) >= 11 is 0. The standard InChI is InChI=1S/C36H51O6S.C7H6O3/c1-22(2)37-28-18-31(39-24(5)6)35(32(19-28)40-25(7)8)43(30-16-14-13-15-17-30)36-33(41-26(9)10)20-29(38-23(3)4)21-34(36)42-27(11)12;8-6-4-2-1-3-5(6)7(9)10/h13-27H,1-12H3;1-4,8H,(H,9,10)/q+1;/p-1. The second-order valence-corrected chi connectivity index (χ2v) is 15.8. The van der Waals surface area contributed by atoms with Crippen LogP contribution in [-0.4, -0.2) is 47.7 Å². The number of carboxylic acids is 1. The Balaban J connectivity index is 0.000000651. The Bertz CT molecular complexity index is 1610. The monoisotopic (exact) mass is 748 g/mol. The molecule has 0 heterocycles. The quantitative estimate of drug-likeness (QED) is 0.112. The van der Waals surface area contributed by atoms with E-state index >= 15 is 0 Å². The molecule has 0 aliphatic heterocycles. The second kappa shape index (κ2) is 19.9. The molecule has 288 valence electrons.